The van der Waals surface area contributed by atoms with Gasteiger partial charge in [-0.2, -0.15) is 0 Å². The Morgan fingerprint density at radius 3 is 2.70 bits per heavy atom. The Bertz CT molecular complexity index is 1440. The molecule has 6 nitrogen and oxygen atoms in total. The average molecular weight is 534 g/mol. The second-order valence-corrected chi connectivity index (χ2v) is 9.63. The fourth-order valence-electron chi connectivity index (χ4n) is 4.62. The number of para-hydroxylation sites is 1. The number of carbonyl (C=O) groups excluding carboxylic acids is 1. The van der Waals surface area contributed by atoms with Crippen molar-refractivity contribution in [2.75, 3.05) is 11.9 Å². The van der Waals surface area contributed by atoms with Gasteiger partial charge < -0.3 is 20.1 Å². The maximum atomic E-state index is 13.9. The number of nitrogens with zero attached hydrogens (tertiary/aromatic N) is 3. The predicted octanol–water partition coefficient (Wildman–Crippen LogP) is 5.97. The maximum Gasteiger partial charge on any atom is 0.226 e. The van der Waals surface area contributed by atoms with Crippen LogP contribution >= 0.6 is 23.8 Å². The molecule has 0 unspecified atom stereocenters. The minimum absolute atomic E-state index is 0.0447. The fraction of sp³-hybridized carbons (Fsp3) is 0.179. The molecule has 188 valence electrons. The Morgan fingerprint density at radius 2 is 1.95 bits per heavy atom. The number of thiocarbonyl (C=S) groups is 1. The Morgan fingerprint density at radius 1 is 1.14 bits per heavy atom. The van der Waals surface area contributed by atoms with E-state index in [2.05, 4.69) is 15.6 Å². The van der Waals surface area contributed by atoms with E-state index in [1.165, 1.54) is 6.07 Å². The van der Waals surface area contributed by atoms with Gasteiger partial charge in [0.1, 0.15) is 5.82 Å². The minimum Gasteiger partial charge on any atom is -0.352 e. The lowest BCUT2D eigenvalue weighted by Gasteiger charge is -2.29. The van der Waals surface area contributed by atoms with Crippen molar-refractivity contribution in [3.05, 3.63) is 113 Å². The molecule has 2 aromatic heterocycles. The summed E-state index contributed by atoms with van der Waals surface area (Å²) < 4.78 is 15.8. The summed E-state index contributed by atoms with van der Waals surface area (Å²) in [6.45, 7) is 2.35. The van der Waals surface area contributed by atoms with E-state index in [4.69, 9.17) is 23.8 Å². The van der Waals surface area contributed by atoms with E-state index in [9.17, 15) is 9.18 Å². The van der Waals surface area contributed by atoms with Crippen LogP contribution in [0, 0.1) is 12.7 Å². The third-order valence-corrected chi connectivity index (χ3v) is 7.10. The molecule has 1 aliphatic rings. The van der Waals surface area contributed by atoms with E-state index in [0.717, 1.165) is 28.3 Å². The number of aromatic nitrogens is 2. The van der Waals surface area contributed by atoms with Gasteiger partial charge in [-0.15, -0.1) is 0 Å². The van der Waals surface area contributed by atoms with E-state index < -0.39 is 5.82 Å². The van der Waals surface area contributed by atoms with Crippen molar-refractivity contribution in [2.24, 2.45) is 0 Å². The molecule has 1 saturated heterocycles. The summed E-state index contributed by atoms with van der Waals surface area (Å²) in [6, 6.07) is 21.4. The van der Waals surface area contributed by atoms with E-state index in [1.54, 1.807) is 18.3 Å². The number of anilines is 1. The lowest BCUT2D eigenvalue weighted by molar-refractivity contribution is -0.116. The van der Waals surface area contributed by atoms with E-state index in [0.29, 0.717) is 11.7 Å². The molecule has 5 rings (SSSR count). The molecule has 9 heteroatoms. The monoisotopic (exact) mass is 533 g/mol. The van der Waals surface area contributed by atoms with Gasteiger partial charge in [0.2, 0.25) is 5.91 Å². The molecule has 2 atom stereocenters. The van der Waals surface area contributed by atoms with Crippen LogP contribution in [-0.4, -0.2) is 32.0 Å². The molecule has 3 heterocycles. The number of carbonyl (C=O) groups is 1. The number of halogens is 2. The van der Waals surface area contributed by atoms with Crippen LogP contribution < -0.4 is 10.6 Å². The Kier molecular flexibility index (Phi) is 7.21. The van der Waals surface area contributed by atoms with Gasteiger partial charge in [-0.1, -0.05) is 35.9 Å². The molecular weight excluding hydrogens is 509 g/mol. The van der Waals surface area contributed by atoms with Crippen molar-refractivity contribution in [1.82, 2.24) is 19.8 Å². The van der Waals surface area contributed by atoms with E-state index in [-0.39, 0.29) is 29.4 Å². The van der Waals surface area contributed by atoms with Gasteiger partial charge in [0.25, 0.3) is 0 Å². The van der Waals surface area contributed by atoms with E-state index in [1.807, 2.05) is 77.2 Å². The van der Waals surface area contributed by atoms with Crippen molar-refractivity contribution in [1.29, 1.82) is 0 Å². The molecule has 37 heavy (non-hydrogen) atoms. The number of hydrogen-bond donors (Lipinski definition) is 2. The highest BCUT2D eigenvalue weighted by molar-refractivity contribution is 7.80. The first-order valence-electron chi connectivity index (χ1n) is 11.9. The zero-order valence-corrected chi connectivity index (χ0v) is 21.6. The Labute approximate surface area is 225 Å². The number of amides is 1. The summed E-state index contributed by atoms with van der Waals surface area (Å²) in [5, 5.41) is 6.98. The highest BCUT2D eigenvalue weighted by Crippen LogP contribution is 2.39. The topological polar surface area (TPSA) is 62.2 Å². The zero-order valence-electron chi connectivity index (χ0n) is 20.1. The molecule has 0 aliphatic carbocycles. The summed E-state index contributed by atoms with van der Waals surface area (Å²) in [5.41, 5.74) is 4.25. The smallest absolute Gasteiger partial charge is 0.226 e. The molecule has 0 radical (unpaired) electrons. The first kappa shape index (κ1) is 24.9. The number of nitrogens with one attached hydrogen (secondary N) is 2. The highest BCUT2D eigenvalue weighted by Gasteiger charge is 2.41. The molecule has 2 N–H and O–H groups in total. The number of aryl methyl sites for hydroxylation is 1. The number of rotatable bonds is 7. The largest absolute Gasteiger partial charge is 0.352 e. The van der Waals surface area contributed by atoms with Crippen LogP contribution in [0.5, 0.6) is 0 Å². The van der Waals surface area contributed by atoms with Gasteiger partial charge in [-0.25, -0.2) is 4.39 Å². The summed E-state index contributed by atoms with van der Waals surface area (Å²) in [7, 11) is 0. The molecule has 4 aromatic rings. The van der Waals surface area contributed by atoms with Crippen LogP contribution in [0.3, 0.4) is 0 Å². The van der Waals surface area contributed by atoms with Crippen LogP contribution in [-0.2, 0) is 4.79 Å². The third kappa shape index (κ3) is 5.21. The van der Waals surface area contributed by atoms with Crippen molar-refractivity contribution in [2.45, 2.75) is 25.4 Å². The van der Waals surface area contributed by atoms with Gasteiger partial charge in [-0.3, -0.25) is 9.78 Å². The van der Waals surface area contributed by atoms with Gasteiger partial charge in [0, 0.05) is 42.4 Å². The lowest BCUT2D eigenvalue weighted by Crippen LogP contribution is -2.33. The fourth-order valence-corrected chi connectivity index (χ4v) is 5.13. The summed E-state index contributed by atoms with van der Waals surface area (Å²) in [4.78, 5) is 19.4. The van der Waals surface area contributed by atoms with E-state index >= 15 is 0 Å². The highest BCUT2D eigenvalue weighted by atomic mass is 35.5. The van der Waals surface area contributed by atoms with Gasteiger partial charge in [0.05, 0.1) is 22.8 Å². The van der Waals surface area contributed by atoms with Crippen LogP contribution in [0.2, 0.25) is 5.02 Å². The molecule has 0 spiro atoms. The normalized spacial score (nSPS) is 17.1. The van der Waals surface area contributed by atoms with Crippen molar-refractivity contribution >= 4 is 40.5 Å². The molecular formula is C28H25ClFN5OS. The van der Waals surface area contributed by atoms with Crippen LogP contribution in [0.25, 0.3) is 5.69 Å². The molecule has 0 saturated carbocycles. The lowest BCUT2D eigenvalue weighted by atomic mass is 10.0. The predicted molar refractivity (Wildman–Crippen MR) is 147 cm³/mol. The number of hydrogen-bond acceptors (Lipinski definition) is 3. The zero-order chi connectivity index (χ0) is 25.9. The van der Waals surface area contributed by atoms with Gasteiger partial charge in [0.15, 0.2) is 5.11 Å². The van der Waals surface area contributed by atoms with Crippen LogP contribution in [0.15, 0.2) is 85.2 Å². The maximum absolute atomic E-state index is 13.9. The summed E-state index contributed by atoms with van der Waals surface area (Å²) in [6.07, 6.45) is 3.89. The van der Waals surface area contributed by atoms with Gasteiger partial charge in [-0.05, 0) is 73.2 Å². The van der Waals surface area contributed by atoms with Crippen LogP contribution in [0.1, 0.15) is 35.5 Å². The average Bonchev–Trinajstić information content (AvgIpc) is 3.50. The third-order valence-electron chi connectivity index (χ3n) is 6.46. The Balaban J connectivity index is 1.46. The first-order chi connectivity index (χ1) is 17.9. The molecule has 1 amide bonds. The van der Waals surface area contributed by atoms with Crippen molar-refractivity contribution in [3.8, 4) is 5.69 Å². The van der Waals surface area contributed by atoms with Crippen molar-refractivity contribution < 1.29 is 9.18 Å². The Hall–Kier alpha value is -3.75. The second kappa shape index (κ2) is 10.7. The first-order valence-corrected chi connectivity index (χ1v) is 12.7. The molecule has 0 bridgehead atoms. The molecule has 1 aliphatic heterocycles. The summed E-state index contributed by atoms with van der Waals surface area (Å²) in [5.74, 6) is -0.576. The van der Waals surface area contributed by atoms with Crippen LogP contribution in [0.4, 0.5) is 10.1 Å². The van der Waals surface area contributed by atoms with Gasteiger partial charge >= 0.3 is 0 Å². The quantitative estimate of drug-likeness (QED) is 0.286. The van der Waals surface area contributed by atoms with Crippen molar-refractivity contribution in [3.63, 3.8) is 0 Å². The second-order valence-electron chi connectivity index (χ2n) is 8.83. The number of pyridine rings is 1. The molecule has 1 fully saturated rings. The summed E-state index contributed by atoms with van der Waals surface area (Å²) >= 11 is 11.8. The standard InChI is InChI=1S/C28H25ClFN5OS/c1-18-7-2-3-8-22(18)32-25(36)13-16-35-27(26(33-28(35)37)23-9-4-5-14-31-23)24-10-6-15-34(24)19-11-12-21(30)20(29)17-19/h2-12,14-15,17,26-27H,13,16H2,1H3,(H,32,36)(H,33,37)/t26-,27+/m0/s1. The molecule has 2 aromatic carbocycles. The number of benzene rings is 2. The SMILES string of the molecule is Cc1ccccc1NC(=O)CCN1C(=S)N[C@@H](c2ccccn2)[C@H]1c1cccn1-c1ccc(F)c(Cl)c1. The minimum atomic E-state index is -0.476.